The molecule has 0 aliphatic carbocycles. The summed E-state index contributed by atoms with van der Waals surface area (Å²) in [6.45, 7) is 0. The summed E-state index contributed by atoms with van der Waals surface area (Å²) in [5.41, 5.74) is 1.81. The summed E-state index contributed by atoms with van der Waals surface area (Å²) in [6.07, 6.45) is 5.97. The average molecular weight is 265 g/mol. The molecule has 2 aromatic carbocycles. The molecule has 0 fully saturated rings. The molecule has 2 aromatic rings. The lowest BCUT2D eigenvalue weighted by atomic mass is 10.2. The van der Waals surface area contributed by atoms with Gasteiger partial charge in [-0.05, 0) is 23.3 Å². The van der Waals surface area contributed by atoms with Gasteiger partial charge < -0.3 is 0 Å². The summed E-state index contributed by atoms with van der Waals surface area (Å²) in [6, 6.07) is 18.9. The van der Waals surface area contributed by atoms with Crippen LogP contribution in [0.15, 0.2) is 72.9 Å². The minimum absolute atomic E-state index is 0.499. The number of benzene rings is 2. The molecule has 0 atom stereocenters. The van der Waals surface area contributed by atoms with Crippen molar-refractivity contribution in [2.75, 3.05) is 0 Å². The smallest absolute Gasteiger partial charge is 0.274 e. The number of carbonyl (C=O) groups excluding carboxylic acids is 1. The Morgan fingerprint density at radius 1 is 0.850 bits per heavy atom. The molecule has 3 nitrogen and oxygen atoms in total. The Labute approximate surface area is 118 Å². The third kappa shape index (κ3) is 4.23. The molecule has 0 aliphatic rings. The molecule has 0 aliphatic heterocycles. The van der Waals surface area contributed by atoms with Crippen LogP contribution in [-0.2, 0) is 4.79 Å². The number of nitrogens with zero attached hydrogens (tertiary/aromatic N) is 1. The van der Waals surface area contributed by atoms with E-state index in [9.17, 15) is 10.0 Å². The van der Waals surface area contributed by atoms with Gasteiger partial charge in [-0.15, -0.1) is 0 Å². The van der Waals surface area contributed by atoms with Crippen LogP contribution in [0, 0.1) is 0 Å². The second-order valence-corrected chi connectivity index (χ2v) is 4.15. The molecule has 100 valence electrons. The third-order valence-electron chi connectivity index (χ3n) is 2.65. The van der Waals surface area contributed by atoms with Gasteiger partial charge in [0.1, 0.15) is 0 Å². The van der Waals surface area contributed by atoms with Crippen LogP contribution in [0.1, 0.15) is 11.1 Å². The molecule has 1 amide bonds. The first-order chi connectivity index (χ1) is 9.75. The Morgan fingerprint density at radius 2 is 1.35 bits per heavy atom. The largest absolute Gasteiger partial charge is 0.281 e. The number of hydrogen-bond donors (Lipinski definition) is 1. The maximum atomic E-state index is 11.7. The van der Waals surface area contributed by atoms with Gasteiger partial charge in [0.2, 0.25) is 0 Å². The maximum Gasteiger partial charge on any atom is 0.274 e. The van der Waals surface area contributed by atoms with E-state index in [4.69, 9.17) is 0 Å². The summed E-state index contributed by atoms with van der Waals surface area (Å²) < 4.78 is 0. The van der Waals surface area contributed by atoms with Crippen molar-refractivity contribution < 1.29 is 10.0 Å². The van der Waals surface area contributed by atoms with Crippen LogP contribution < -0.4 is 0 Å². The van der Waals surface area contributed by atoms with Gasteiger partial charge in [0, 0.05) is 12.3 Å². The van der Waals surface area contributed by atoms with Gasteiger partial charge in [-0.1, -0.05) is 60.7 Å². The van der Waals surface area contributed by atoms with Crippen molar-refractivity contribution in [3.8, 4) is 0 Å². The van der Waals surface area contributed by atoms with Crippen molar-refractivity contribution in [3.63, 3.8) is 0 Å². The zero-order valence-corrected chi connectivity index (χ0v) is 10.9. The zero-order chi connectivity index (χ0) is 14.2. The Bertz CT molecular complexity index is 603. The molecular weight excluding hydrogens is 250 g/mol. The van der Waals surface area contributed by atoms with Crippen molar-refractivity contribution in [1.82, 2.24) is 5.06 Å². The minimum atomic E-state index is -0.499. The predicted molar refractivity (Wildman–Crippen MR) is 79.6 cm³/mol. The maximum absolute atomic E-state index is 11.7. The van der Waals surface area contributed by atoms with Crippen LogP contribution in [-0.4, -0.2) is 16.2 Å². The number of carbonyl (C=O) groups is 1. The van der Waals surface area contributed by atoms with E-state index in [1.807, 2.05) is 60.7 Å². The van der Waals surface area contributed by atoms with Gasteiger partial charge in [-0.25, -0.2) is 0 Å². The highest BCUT2D eigenvalue weighted by Crippen LogP contribution is 2.04. The SMILES string of the molecule is O=C(/C=C/c1ccccc1)N(O)/C=C/c1ccccc1. The molecule has 0 spiro atoms. The Morgan fingerprint density at radius 3 is 1.90 bits per heavy atom. The van der Waals surface area contributed by atoms with Gasteiger partial charge in [-0.3, -0.25) is 10.0 Å². The standard InChI is InChI=1S/C17H15NO2/c19-17(12-11-15-7-3-1-4-8-15)18(20)14-13-16-9-5-2-6-10-16/h1-14,20H/b12-11+,14-13+. The zero-order valence-electron chi connectivity index (χ0n) is 10.9. The minimum Gasteiger partial charge on any atom is -0.281 e. The lowest BCUT2D eigenvalue weighted by Crippen LogP contribution is -2.18. The van der Waals surface area contributed by atoms with E-state index in [1.165, 1.54) is 12.3 Å². The van der Waals surface area contributed by atoms with Crippen LogP contribution in [0.25, 0.3) is 12.2 Å². The van der Waals surface area contributed by atoms with Gasteiger partial charge in [0.15, 0.2) is 0 Å². The monoisotopic (exact) mass is 265 g/mol. The molecule has 0 saturated carbocycles. The van der Waals surface area contributed by atoms with Crippen molar-refractivity contribution in [3.05, 3.63) is 84.1 Å². The van der Waals surface area contributed by atoms with Crippen molar-refractivity contribution in [1.29, 1.82) is 0 Å². The first kappa shape index (κ1) is 13.8. The van der Waals surface area contributed by atoms with Gasteiger partial charge in [-0.2, -0.15) is 5.06 Å². The van der Waals surface area contributed by atoms with Crippen LogP contribution in [0.4, 0.5) is 0 Å². The number of hydroxylamine groups is 2. The first-order valence-electron chi connectivity index (χ1n) is 6.24. The fraction of sp³-hybridized carbons (Fsp3) is 0. The molecule has 20 heavy (non-hydrogen) atoms. The van der Waals surface area contributed by atoms with E-state index >= 15 is 0 Å². The molecule has 2 rings (SSSR count). The summed E-state index contributed by atoms with van der Waals surface area (Å²) in [5, 5.41) is 10.2. The van der Waals surface area contributed by atoms with E-state index in [-0.39, 0.29) is 0 Å². The normalized spacial score (nSPS) is 11.1. The topological polar surface area (TPSA) is 40.5 Å². The average Bonchev–Trinajstić information content (AvgIpc) is 2.52. The highest BCUT2D eigenvalue weighted by molar-refractivity contribution is 5.91. The quantitative estimate of drug-likeness (QED) is 0.521. The van der Waals surface area contributed by atoms with Crippen LogP contribution >= 0.6 is 0 Å². The van der Waals surface area contributed by atoms with Crippen molar-refractivity contribution in [2.45, 2.75) is 0 Å². The summed E-state index contributed by atoms with van der Waals surface area (Å²) in [7, 11) is 0. The summed E-state index contributed by atoms with van der Waals surface area (Å²) in [4.78, 5) is 11.7. The molecule has 0 radical (unpaired) electrons. The van der Waals surface area contributed by atoms with Gasteiger partial charge >= 0.3 is 0 Å². The predicted octanol–water partition coefficient (Wildman–Crippen LogP) is 3.59. The summed E-state index contributed by atoms with van der Waals surface area (Å²) in [5.74, 6) is -0.499. The third-order valence-corrected chi connectivity index (χ3v) is 2.65. The Kier molecular flexibility index (Phi) is 4.87. The van der Waals surface area contributed by atoms with E-state index in [0.29, 0.717) is 5.06 Å². The van der Waals surface area contributed by atoms with Crippen molar-refractivity contribution >= 4 is 18.1 Å². The Hall–Kier alpha value is -2.65. The van der Waals surface area contributed by atoms with Crippen LogP contribution in [0.2, 0.25) is 0 Å². The molecule has 0 unspecified atom stereocenters. The second kappa shape index (κ2) is 7.07. The fourth-order valence-electron chi connectivity index (χ4n) is 1.60. The molecule has 1 N–H and O–H groups in total. The van der Waals surface area contributed by atoms with E-state index in [2.05, 4.69) is 0 Å². The molecule has 0 bridgehead atoms. The van der Waals surface area contributed by atoms with Gasteiger partial charge in [0.25, 0.3) is 5.91 Å². The van der Waals surface area contributed by atoms with Crippen LogP contribution in [0.5, 0.6) is 0 Å². The van der Waals surface area contributed by atoms with Crippen molar-refractivity contribution in [2.24, 2.45) is 0 Å². The summed E-state index contributed by atoms with van der Waals surface area (Å²) >= 11 is 0. The van der Waals surface area contributed by atoms with E-state index < -0.39 is 5.91 Å². The molecule has 3 heteroatoms. The fourth-order valence-corrected chi connectivity index (χ4v) is 1.60. The highest BCUT2D eigenvalue weighted by Gasteiger charge is 2.02. The molecular formula is C17H15NO2. The highest BCUT2D eigenvalue weighted by atomic mass is 16.5. The lowest BCUT2D eigenvalue weighted by molar-refractivity contribution is -0.147. The number of hydrogen-bond acceptors (Lipinski definition) is 2. The number of rotatable bonds is 4. The Balaban J connectivity index is 1.96. The van der Waals surface area contributed by atoms with E-state index in [1.54, 1.807) is 12.2 Å². The van der Waals surface area contributed by atoms with Gasteiger partial charge in [0.05, 0.1) is 0 Å². The van der Waals surface area contributed by atoms with Crippen LogP contribution in [0.3, 0.4) is 0 Å². The first-order valence-corrected chi connectivity index (χ1v) is 6.24. The molecule has 0 heterocycles. The molecule has 0 aromatic heterocycles. The lowest BCUT2D eigenvalue weighted by Gasteiger charge is -2.06. The van der Waals surface area contributed by atoms with E-state index in [0.717, 1.165) is 11.1 Å². The second-order valence-electron chi connectivity index (χ2n) is 4.15. The number of amides is 1. The molecule has 0 saturated heterocycles.